The highest BCUT2D eigenvalue weighted by Gasteiger charge is 2.26. The molecule has 0 N–H and O–H groups in total. The van der Waals surface area contributed by atoms with Crippen molar-refractivity contribution < 1.29 is 9.18 Å². The minimum absolute atomic E-state index is 0.244. The number of pyridine rings is 1. The molecule has 1 amide bonds. The molecule has 0 aliphatic carbocycles. The summed E-state index contributed by atoms with van der Waals surface area (Å²) in [7, 11) is 0. The van der Waals surface area contributed by atoms with Gasteiger partial charge < -0.3 is 4.90 Å². The average molecular weight is 256 g/mol. The van der Waals surface area contributed by atoms with Gasteiger partial charge in [0.05, 0.1) is 5.69 Å². The summed E-state index contributed by atoms with van der Waals surface area (Å²) in [6.07, 6.45) is 3.22. The van der Waals surface area contributed by atoms with Crippen molar-refractivity contribution >= 4 is 11.6 Å². The van der Waals surface area contributed by atoms with E-state index in [0.29, 0.717) is 17.9 Å². The highest BCUT2D eigenvalue weighted by molar-refractivity contribution is 6.05. The molecule has 1 aliphatic rings. The molecular weight excluding hydrogens is 243 g/mol. The van der Waals surface area contributed by atoms with Crippen LogP contribution in [0, 0.1) is 5.82 Å². The van der Waals surface area contributed by atoms with E-state index in [1.165, 1.54) is 11.0 Å². The van der Waals surface area contributed by atoms with Gasteiger partial charge in [0.15, 0.2) is 0 Å². The van der Waals surface area contributed by atoms with Gasteiger partial charge in [-0.05, 0) is 36.6 Å². The quantitative estimate of drug-likeness (QED) is 0.786. The van der Waals surface area contributed by atoms with Crippen LogP contribution in [0.3, 0.4) is 0 Å². The van der Waals surface area contributed by atoms with Gasteiger partial charge in [-0.15, -0.1) is 0 Å². The second kappa shape index (κ2) is 4.80. The Balaban J connectivity index is 2.03. The van der Waals surface area contributed by atoms with Gasteiger partial charge in [-0.3, -0.25) is 9.78 Å². The zero-order valence-corrected chi connectivity index (χ0v) is 10.3. The largest absolute Gasteiger partial charge is 0.304 e. The van der Waals surface area contributed by atoms with Crippen LogP contribution >= 0.6 is 0 Å². The van der Waals surface area contributed by atoms with Crippen molar-refractivity contribution in [3.63, 3.8) is 0 Å². The minimum Gasteiger partial charge on any atom is -0.304 e. The molecule has 3 nitrogen and oxygen atoms in total. The molecule has 0 saturated heterocycles. The molecule has 1 aliphatic heterocycles. The van der Waals surface area contributed by atoms with E-state index in [2.05, 4.69) is 4.98 Å². The number of para-hydroxylation sites is 1. The molecule has 2 heterocycles. The zero-order chi connectivity index (χ0) is 13.2. The van der Waals surface area contributed by atoms with E-state index in [0.717, 1.165) is 18.4 Å². The maximum atomic E-state index is 14.0. The topological polar surface area (TPSA) is 33.2 Å². The number of nitrogens with zero attached hydrogens (tertiary/aromatic N) is 2. The highest BCUT2D eigenvalue weighted by atomic mass is 19.1. The minimum atomic E-state index is -0.346. The van der Waals surface area contributed by atoms with Gasteiger partial charge in [0.25, 0.3) is 5.91 Å². The SMILES string of the molecule is O=C(c1ccccn1)N1CCCc2cccc(F)c21. The van der Waals surface area contributed by atoms with E-state index >= 15 is 0 Å². The van der Waals surface area contributed by atoms with Crippen LogP contribution in [-0.2, 0) is 6.42 Å². The van der Waals surface area contributed by atoms with Crippen molar-refractivity contribution in [2.24, 2.45) is 0 Å². The van der Waals surface area contributed by atoms with Crippen molar-refractivity contribution in [2.75, 3.05) is 11.4 Å². The van der Waals surface area contributed by atoms with Crippen LogP contribution in [0.1, 0.15) is 22.5 Å². The fraction of sp³-hybridized carbons (Fsp3) is 0.200. The summed E-state index contributed by atoms with van der Waals surface area (Å²) in [5.74, 6) is -0.590. The number of aromatic nitrogens is 1. The lowest BCUT2D eigenvalue weighted by atomic mass is 10.0. The predicted molar refractivity (Wildman–Crippen MR) is 70.6 cm³/mol. The smallest absolute Gasteiger partial charge is 0.276 e. The van der Waals surface area contributed by atoms with Crippen LogP contribution < -0.4 is 4.90 Å². The van der Waals surface area contributed by atoms with Crippen molar-refractivity contribution in [1.82, 2.24) is 4.98 Å². The number of amides is 1. The Kier molecular flexibility index (Phi) is 2.99. The van der Waals surface area contributed by atoms with Crippen LogP contribution in [0.15, 0.2) is 42.6 Å². The number of hydrogen-bond donors (Lipinski definition) is 0. The lowest BCUT2D eigenvalue weighted by molar-refractivity contribution is 0.0979. The molecular formula is C15H13FN2O. The fourth-order valence-corrected chi connectivity index (χ4v) is 2.43. The van der Waals surface area contributed by atoms with Crippen LogP contribution in [0.4, 0.5) is 10.1 Å². The highest BCUT2D eigenvalue weighted by Crippen LogP contribution is 2.30. The van der Waals surface area contributed by atoms with E-state index < -0.39 is 0 Å². The Bertz CT molecular complexity index is 613. The summed E-state index contributed by atoms with van der Waals surface area (Å²) in [6, 6.07) is 10.1. The van der Waals surface area contributed by atoms with E-state index in [1.807, 2.05) is 6.07 Å². The summed E-state index contributed by atoms with van der Waals surface area (Å²) in [5, 5.41) is 0. The monoisotopic (exact) mass is 256 g/mol. The van der Waals surface area contributed by atoms with Gasteiger partial charge in [-0.25, -0.2) is 4.39 Å². The number of carbonyl (C=O) groups excluding carboxylic acids is 1. The molecule has 4 heteroatoms. The lowest BCUT2D eigenvalue weighted by Gasteiger charge is -2.29. The Morgan fingerprint density at radius 1 is 1.21 bits per heavy atom. The third kappa shape index (κ3) is 2.10. The summed E-state index contributed by atoms with van der Waals surface area (Å²) in [4.78, 5) is 18.0. The molecule has 0 atom stereocenters. The molecule has 0 spiro atoms. The number of aryl methyl sites for hydroxylation is 1. The Labute approximate surface area is 110 Å². The first kappa shape index (κ1) is 11.8. The number of rotatable bonds is 1. The van der Waals surface area contributed by atoms with E-state index in [9.17, 15) is 9.18 Å². The standard InChI is InChI=1S/C15H13FN2O/c16-12-7-3-5-11-6-4-10-18(14(11)12)15(19)13-8-1-2-9-17-13/h1-3,5,7-9H,4,6,10H2. The Morgan fingerprint density at radius 2 is 2.11 bits per heavy atom. The maximum Gasteiger partial charge on any atom is 0.276 e. The summed E-state index contributed by atoms with van der Waals surface area (Å²) >= 11 is 0. The van der Waals surface area contributed by atoms with E-state index in [4.69, 9.17) is 0 Å². The van der Waals surface area contributed by atoms with Crippen molar-refractivity contribution in [3.8, 4) is 0 Å². The van der Waals surface area contributed by atoms with Crippen molar-refractivity contribution in [3.05, 3.63) is 59.7 Å². The molecule has 96 valence electrons. The van der Waals surface area contributed by atoms with Gasteiger partial charge in [-0.2, -0.15) is 0 Å². The van der Waals surface area contributed by atoms with Crippen LogP contribution in [0.5, 0.6) is 0 Å². The first-order valence-electron chi connectivity index (χ1n) is 6.27. The van der Waals surface area contributed by atoms with Gasteiger partial charge >= 0.3 is 0 Å². The van der Waals surface area contributed by atoms with Crippen LogP contribution in [0.25, 0.3) is 0 Å². The number of fused-ring (bicyclic) bond motifs is 1. The Hall–Kier alpha value is -2.23. The molecule has 1 aromatic carbocycles. The molecule has 3 rings (SSSR count). The molecule has 0 saturated carbocycles. The number of carbonyl (C=O) groups is 1. The Morgan fingerprint density at radius 3 is 2.89 bits per heavy atom. The molecule has 0 bridgehead atoms. The van der Waals surface area contributed by atoms with Crippen LogP contribution in [-0.4, -0.2) is 17.4 Å². The van der Waals surface area contributed by atoms with Gasteiger partial charge in [0, 0.05) is 12.7 Å². The number of anilines is 1. The third-order valence-electron chi connectivity index (χ3n) is 3.30. The summed E-state index contributed by atoms with van der Waals surface area (Å²) < 4.78 is 14.0. The molecule has 19 heavy (non-hydrogen) atoms. The van der Waals surface area contributed by atoms with Crippen LogP contribution in [0.2, 0.25) is 0 Å². The first-order chi connectivity index (χ1) is 9.27. The molecule has 0 unspecified atom stereocenters. The first-order valence-corrected chi connectivity index (χ1v) is 6.27. The normalized spacial score (nSPS) is 14.1. The van der Waals surface area contributed by atoms with Gasteiger partial charge in [-0.1, -0.05) is 18.2 Å². The van der Waals surface area contributed by atoms with Crippen molar-refractivity contribution in [1.29, 1.82) is 0 Å². The van der Waals surface area contributed by atoms with Crippen molar-refractivity contribution in [2.45, 2.75) is 12.8 Å². The second-order valence-electron chi connectivity index (χ2n) is 4.52. The van der Waals surface area contributed by atoms with Gasteiger partial charge in [0.1, 0.15) is 11.5 Å². The number of halogens is 1. The van der Waals surface area contributed by atoms with E-state index in [1.54, 1.807) is 30.5 Å². The molecule has 2 aromatic rings. The average Bonchev–Trinajstić information content (AvgIpc) is 2.47. The molecule has 1 aromatic heterocycles. The maximum absolute atomic E-state index is 14.0. The molecule has 0 radical (unpaired) electrons. The van der Waals surface area contributed by atoms with E-state index in [-0.39, 0.29) is 11.7 Å². The van der Waals surface area contributed by atoms with Gasteiger partial charge in [0.2, 0.25) is 0 Å². The molecule has 0 fully saturated rings. The predicted octanol–water partition coefficient (Wildman–Crippen LogP) is 2.81. The number of hydrogen-bond acceptors (Lipinski definition) is 2. The third-order valence-corrected chi connectivity index (χ3v) is 3.30. The summed E-state index contributed by atoms with van der Waals surface area (Å²) in [5.41, 5.74) is 1.64. The zero-order valence-electron chi connectivity index (χ0n) is 10.3. The summed E-state index contributed by atoms with van der Waals surface area (Å²) in [6.45, 7) is 0.531. The fourth-order valence-electron chi connectivity index (χ4n) is 2.43. The second-order valence-corrected chi connectivity index (χ2v) is 4.52. The number of benzene rings is 1. The lowest BCUT2D eigenvalue weighted by Crippen LogP contribution is -2.36.